The van der Waals surface area contributed by atoms with Crippen LogP contribution in [-0.4, -0.2) is 53.6 Å². The van der Waals surface area contributed by atoms with Crippen LogP contribution in [0.15, 0.2) is 30.3 Å². The summed E-state index contributed by atoms with van der Waals surface area (Å²) in [6.07, 6.45) is 0. The summed E-state index contributed by atoms with van der Waals surface area (Å²) >= 11 is 0. The van der Waals surface area contributed by atoms with Crippen LogP contribution in [0.3, 0.4) is 0 Å². The number of aliphatic carboxylic acids is 1. The molecule has 0 aliphatic carbocycles. The standard InChI is InChI=1S/C14H19N3O4/c1-4-17(14(21)16(2)3)13(20)15-11(12(18)19)10-8-6-5-7-9-10/h5-9,11H,4H2,1-3H3,(H,15,20)(H,18,19). The molecule has 1 aromatic rings. The van der Waals surface area contributed by atoms with Gasteiger partial charge in [0.25, 0.3) is 0 Å². The number of urea groups is 2. The lowest BCUT2D eigenvalue weighted by Gasteiger charge is -2.25. The summed E-state index contributed by atoms with van der Waals surface area (Å²) in [6.45, 7) is 1.78. The molecule has 0 heterocycles. The van der Waals surface area contributed by atoms with Gasteiger partial charge in [0.15, 0.2) is 6.04 Å². The highest BCUT2D eigenvalue weighted by Crippen LogP contribution is 2.13. The van der Waals surface area contributed by atoms with Gasteiger partial charge in [-0.15, -0.1) is 0 Å². The van der Waals surface area contributed by atoms with Crippen molar-refractivity contribution in [3.8, 4) is 0 Å². The Balaban J connectivity index is 2.91. The second-order valence-electron chi connectivity index (χ2n) is 4.55. The van der Waals surface area contributed by atoms with Crippen molar-refractivity contribution in [1.29, 1.82) is 0 Å². The van der Waals surface area contributed by atoms with E-state index in [0.717, 1.165) is 4.90 Å². The molecule has 0 aromatic heterocycles. The van der Waals surface area contributed by atoms with Crippen molar-refractivity contribution in [2.24, 2.45) is 0 Å². The van der Waals surface area contributed by atoms with Gasteiger partial charge in [0.2, 0.25) is 0 Å². The first-order valence-corrected chi connectivity index (χ1v) is 6.45. The zero-order chi connectivity index (χ0) is 16.0. The monoisotopic (exact) mass is 293 g/mol. The Labute approximate surface area is 123 Å². The van der Waals surface area contributed by atoms with Crippen molar-refractivity contribution in [2.75, 3.05) is 20.6 Å². The molecular formula is C14H19N3O4. The van der Waals surface area contributed by atoms with E-state index in [1.807, 2.05) is 0 Å². The van der Waals surface area contributed by atoms with E-state index in [-0.39, 0.29) is 6.54 Å². The van der Waals surface area contributed by atoms with E-state index in [1.165, 1.54) is 19.0 Å². The smallest absolute Gasteiger partial charge is 0.330 e. The molecule has 114 valence electrons. The molecule has 4 amide bonds. The van der Waals surface area contributed by atoms with Crippen LogP contribution in [0, 0.1) is 0 Å². The van der Waals surface area contributed by atoms with Gasteiger partial charge in [0, 0.05) is 20.6 Å². The first-order valence-electron chi connectivity index (χ1n) is 6.45. The summed E-state index contributed by atoms with van der Waals surface area (Å²) in [6, 6.07) is 5.85. The van der Waals surface area contributed by atoms with Crippen molar-refractivity contribution >= 4 is 18.0 Å². The third-order valence-corrected chi connectivity index (χ3v) is 2.82. The van der Waals surface area contributed by atoms with Gasteiger partial charge in [-0.1, -0.05) is 30.3 Å². The predicted molar refractivity (Wildman–Crippen MR) is 76.8 cm³/mol. The molecule has 1 unspecified atom stereocenters. The highest BCUT2D eigenvalue weighted by atomic mass is 16.4. The predicted octanol–water partition coefficient (Wildman–Crippen LogP) is 1.53. The molecule has 7 heteroatoms. The summed E-state index contributed by atoms with van der Waals surface area (Å²) in [7, 11) is 3.04. The minimum Gasteiger partial charge on any atom is -0.479 e. The van der Waals surface area contributed by atoms with Crippen LogP contribution in [0.4, 0.5) is 9.59 Å². The number of carbonyl (C=O) groups excluding carboxylic acids is 2. The number of hydrogen-bond donors (Lipinski definition) is 2. The fourth-order valence-electron chi connectivity index (χ4n) is 1.74. The van der Waals surface area contributed by atoms with Crippen LogP contribution in [0.5, 0.6) is 0 Å². The minimum absolute atomic E-state index is 0.143. The maximum absolute atomic E-state index is 12.1. The van der Waals surface area contributed by atoms with E-state index in [4.69, 9.17) is 0 Å². The Morgan fingerprint density at radius 2 is 1.76 bits per heavy atom. The molecule has 0 saturated heterocycles. The summed E-state index contributed by atoms with van der Waals surface area (Å²) in [5.74, 6) is -1.19. The fourth-order valence-corrected chi connectivity index (χ4v) is 1.74. The molecule has 1 aromatic carbocycles. The van der Waals surface area contributed by atoms with Crippen molar-refractivity contribution in [2.45, 2.75) is 13.0 Å². The zero-order valence-corrected chi connectivity index (χ0v) is 12.2. The third-order valence-electron chi connectivity index (χ3n) is 2.82. The maximum Gasteiger partial charge on any atom is 0.330 e. The van der Waals surface area contributed by atoms with Gasteiger partial charge in [0.1, 0.15) is 0 Å². The SMILES string of the molecule is CCN(C(=O)NC(C(=O)O)c1ccccc1)C(=O)N(C)C. The number of benzene rings is 1. The van der Waals surface area contributed by atoms with Crippen LogP contribution in [0.1, 0.15) is 18.5 Å². The van der Waals surface area contributed by atoms with Crippen LogP contribution in [0.25, 0.3) is 0 Å². The Morgan fingerprint density at radius 1 is 1.19 bits per heavy atom. The van der Waals surface area contributed by atoms with Crippen molar-refractivity contribution in [3.63, 3.8) is 0 Å². The van der Waals surface area contributed by atoms with Gasteiger partial charge in [-0.2, -0.15) is 0 Å². The van der Waals surface area contributed by atoms with Gasteiger partial charge < -0.3 is 15.3 Å². The molecule has 1 rings (SSSR count). The molecule has 0 spiro atoms. The number of hydrogen-bond acceptors (Lipinski definition) is 3. The van der Waals surface area contributed by atoms with Crippen molar-refractivity contribution in [3.05, 3.63) is 35.9 Å². The number of nitrogens with one attached hydrogen (secondary N) is 1. The quantitative estimate of drug-likeness (QED) is 0.880. The number of amides is 4. The first kappa shape index (κ1) is 16.5. The van der Waals surface area contributed by atoms with Crippen LogP contribution in [-0.2, 0) is 4.79 Å². The average molecular weight is 293 g/mol. The molecule has 0 aliphatic heterocycles. The Morgan fingerprint density at radius 3 is 2.19 bits per heavy atom. The molecule has 0 saturated carbocycles. The van der Waals surface area contributed by atoms with E-state index in [1.54, 1.807) is 37.3 Å². The summed E-state index contributed by atoms with van der Waals surface area (Å²) in [5, 5.41) is 11.6. The van der Waals surface area contributed by atoms with Gasteiger partial charge in [-0.25, -0.2) is 19.3 Å². The van der Waals surface area contributed by atoms with Gasteiger partial charge in [-0.3, -0.25) is 0 Å². The average Bonchev–Trinajstić information content (AvgIpc) is 2.45. The van der Waals surface area contributed by atoms with Gasteiger partial charge in [-0.05, 0) is 12.5 Å². The zero-order valence-electron chi connectivity index (χ0n) is 12.2. The fraction of sp³-hybridized carbons (Fsp3) is 0.357. The lowest BCUT2D eigenvalue weighted by molar-refractivity contribution is -0.139. The van der Waals surface area contributed by atoms with Crippen LogP contribution >= 0.6 is 0 Å². The molecule has 0 bridgehead atoms. The van der Waals surface area contributed by atoms with Crippen molar-refractivity contribution in [1.82, 2.24) is 15.1 Å². The van der Waals surface area contributed by atoms with Crippen LogP contribution < -0.4 is 5.32 Å². The number of imide groups is 1. The summed E-state index contributed by atoms with van der Waals surface area (Å²) in [5.41, 5.74) is 0.437. The Bertz CT molecular complexity index is 516. The summed E-state index contributed by atoms with van der Waals surface area (Å²) in [4.78, 5) is 37.5. The van der Waals surface area contributed by atoms with E-state index in [2.05, 4.69) is 5.32 Å². The number of carbonyl (C=O) groups is 3. The number of carboxylic acid groups (broad SMARTS) is 1. The molecule has 0 aliphatic rings. The topological polar surface area (TPSA) is 90.0 Å². The lowest BCUT2D eigenvalue weighted by atomic mass is 10.1. The highest BCUT2D eigenvalue weighted by molar-refractivity contribution is 5.95. The second-order valence-corrected chi connectivity index (χ2v) is 4.55. The number of carboxylic acids is 1. The molecule has 2 N–H and O–H groups in total. The minimum atomic E-state index is -1.21. The first-order chi connectivity index (χ1) is 9.88. The summed E-state index contributed by atoms with van der Waals surface area (Å²) < 4.78 is 0. The third kappa shape index (κ3) is 4.20. The van der Waals surface area contributed by atoms with E-state index in [9.17, 15) is 19.5 Å². The Hall–Kier alpha value is -2.57. The van der Waals surface area contributed by atoms with Crippen molar-refractivity contribution < 1.29 is 19.5 Å². The molecule has 21 heavy (non-hydrogen) atoms. The highest BCUT2D eigenvalue weighted by Gasteiger charge is 2.27. The molecule has 7 nitrogen and oxygen atoms in total. The lowest BCUT2D eigenvalue weighted by Crippen LogP contribution is -2.49. The molecule has 0 fully saturated rings. The largest absolute Gasteiger partial charge is 0.479 e. The number of rotatable bonds is 4. The number of nitrogens with zero attached hydrogens (tertiary/aromatic N) is 2. The molecular weight excluding hydrogens is 274 g/mol. The van der Waals surface area contributed by atoms with Gasteiger partial charge in [0.05, 0.1) is 0 Å². The Kier molecular flexibility index (Phi) is 5.71. The second kappa shape index (κ2) is 7.28. The van der Waals surface area contributed by atoms with E-state index in [0.29, 0.717) is 5.56 Å². The molecule has 0 radical (unpaired) electrons. The van der Waals surface area contributed by atoms with E-state index < -0.39 is 24.1 Å². The van der Waals surface area contributed by atoms with Crippen LogP contribution in [0.2, 0.25) is 0 Å². The molecule has 1 atom stereocenters. The van der Waals surface area contributed by atoms with E-state index >= 15 is 0 Å². The maximum atomic E-state index is 12.1. The van der Waals surface area contributed by atoms with Gasteiger partial charge >= 0.3 is 18.0 Å². The normalized spacial score (nSPS) is 11.4.